The third kappa shape index (κ3) is 3.81. The lowest BCUT2D eigenvalue weighted by molar-refractivity contribution is 0.390. The molecule has 17 heavy (non-hydrogen) atoms. The summed E-state index contributed by atoms with van der Waals surface area (Å²) in [4.78, 5) is 0. The Morgan fingerprint density at radius 3 is 2.53 bits per heavy atom. The van der Waals surface area contributed by atoms with Crippen molar-refractivity contribution in [2.75, 3.05) is 18.6 Å². The highest BCUT2D eigenvalue weighted by molar-refractivity contribution is 8.07. The molecule has 2 rings (SSSR count). The maximum atomic E-state index is 3.63. The molecule has 1 saturated heterocycles. The van der Waals surface area contributed by atoms with E-state index in [1.807, 2.05) is 0 Å². The summed E-state index contributed by atoms with van der Waals surface area (Å²) in [5, 5.41) is 5.36. The molecule has 1 aliphatic heterocycles. The zero-order valence-corrected chi connectivity index (χ0v) is 12.9. The van der Waals surface area contributed by atoms with Gasteiger partial charge in [0.2, 0.25) is 0 Å². The minimum absolute atomic E-state index is 0.751. The minimum atomic E-state index is 0.751. The first-order chi connectivity index (χ1) is 8.35. The number of thioether (sulfide) groups is 2. The molecule has 3 unspecified atom stereocenters. The zero-order chi connectivity index (χ0) is 12.1. The Labute approximate surface area is 115 Å². The van der Waals surface area contributed by atoms with Gasteiger partial charge in [-0.15, -0.1) is 0 Å². The lowest BCUT2D eigenvalue weighted by Crippen LogP contribution is -2.44. The van der Waals surface area contributed by atoms with Crippen molar-refractivity contribution in [3.8, 4) is 0 Å². The van der Waals surface area contributed by atoms with Crippen LogP contribution in [-0.2, 0) is 0 Å². The molecular weight excluding hydrogens is 246 g/mol. The van der Waals surface area contributed by atoms with Gasteiger partial charge in [0.05, 0.1) is 0 Å². The normalized spacial score (nSPS) is 32.8. The Hall–Kier alpha value is 0.660. The molecule has 1 heterocycles. The minimum Gasteiger partial charge on any atom is -0.316 e. The summed E-state index contributed by atoms with van der Waals surface area (Å²) >= 11 is 4.44. The van der Waals surface area contributed by atoms with E-state index < -0.39 is 0 Å². The molecule has 1 aliphatic carbocycles. The van der Waals surface area contributed by atoms with Crippen LogP contribution in [0.3, 0.4) is 0 Å². The summed E-state index contributed by atoms with van der Waals surface area (Å²) in [7, 11) is 2.17. The highest BCUT2D eigenvalue weighted by Gasteiger charge is 2.33. The van der Waals surface area contributed by atoms with Gasteiger partial charge in [-0.3, -0.25) is 0 Å². The largest absolute Gasteiger partial charge is 0.316 e. The highest BCUT2D eigenvalue weighted by atomic mass is 32.2. The van der Waals surface area contributed by atoms with E-state index in [9.17, 15) is 0 Å². The van der Waals surface area contributed by atoms with Crippen molar-refractivity contribution in [1.29, 1.82) is 0 Å². The van der Waals surface area contributed by atoms with Gasteiger partial charge in [0, 0.05) is 28.0 Å². The van der Waals surface area contributed by atoms with Crippen LogP contribution in [0.25, 0.3) is 0 Å². The summed E-state index contributed by atoms with van der Waals surface area (Å²) in [5.74, 6) is 3.73. The van der Waals surface area contributed by atoms with Crippen LogP contribution in [0.1, 0.15) is 45.4 Å². The molecule has 0 spiro atoms. The lowest BCUT2D eigenvalue weighted by atomic mass is 9.94. The predicted octanol–water partition coefficient (Wildman–Crippen LogP) is 3.78. The summed E-state index contributed by atoms with van der Waals surface area (Å²) in [6.07, 6.45) is 8.69. The van der Waals surface area contributed by atoms with Crippen molar-refractivity contribution in [2.24, 2.45) is 5.92 Å². The molecule has 2 fully saturated rings. The van der Waals surface area contributed by atoms with Crippen molar-refractivity contribution >= 4 is 23.5 Å². The molecule has 0 amide bonds. The summed E-state index contributed by atoms with van der Waals surface area (Å²) in [6, 6.07) is 0.751. The van der Waals surface area contributed by atoms with E-state index in [1.165, 1.54) is 50.0 Å². The Morgan fingerprint density at radius 1 is 1.18 bits per heavy atom. The van der Waals surface area contributed by atoms with Gasteiger partial charge in [-0.1, -0.05) is 32.6 Å². The maximum absolute atomic E-state index is 3.63. The average Bonchev–Trinajstić information content (AvgIpc) is 2.89. The van der Waals surface area contributed by atoms with Crippen molar-refractivity contribution in [1.82, 2.24) is 5.32 Å². The zero-order valence-electron chi connectivity index (χ0n) is 11.3. The first-order valence-corrected chi connectivity index (χ1v) is 9.35. The van der Waals surface area contributed by atoms with Crippen LogP contribution in [0.2, 0.25) is 0 Å². The second kappa shape index (κ2) is 7.30. The first-order valence-electron chi connectivity index (χ1n) is 7.25. The maximum Gasteiger partial charge on any atom is 0.0320 e. The van der Waals surface area contributed by atoms with Crippen LogP contribution >= 0.6 is 23.5 Å². The summed E-state index contributed by atoms with van der Waals surface area (Å²) in [6.45, 7) is 2.36. The van der Waals surface area contributed by atoms with E-state index in [4.69, 9.17) is 0 Å². The number of hydrogen-bond acceptors (Lipinski definition) is 3. The summed E-state index contributed by atoms with van der Waals surface area (Å²) in [5.41, 5.74) is 0. The van der Waals surface area contributed by atoms with Crippen molar-refractivity contribution in [3.63, 3.8) is 0 Å². The van der Waals surface area contributed by atoms with Crippen LogP contribution < -0.4 is 5.32 Å². The molecule has 3 atom stereocenters. The van der Waals surface area contributed by atoms with Gasteiger partial charge in [0.15, 0.2) is 0 Å². The SMILES string of the molecule is CCC1SCCSC1C(CC1CCCC1)NC. The van der Waals surface area contributed by atoms with E-state index in [2.05, 4.69) is 42.8 Å². The van der Waals surface area contributed by atoms with Gasteiger partial charge in [-0.05, 0) is 25.8 Å². The average molecular weight is 274 g/mol. The fourth-order valence-corrected chi connectivity index (χ4v) is 6.65. The van der Waals surface area contributed by atoms with Crippen molar-refractivity contribution < 1.29 is 0 Å². The predicted molar refractivity (Wildman–Crippen MR) is 82.2 cm³/mol. The lowest BCUT2D eigenvalue weighted by Gasteiger charge is -2.37. The van der Waals surface area contributed by atoms with Crippen LogP contribution in [-0.4, -0.2) is 35.1 Å². The second-order valence-electron chi connectivity index (χ2n) is 5.43. The Balaban J connectivity index is 1.90. The molecule has 1 nitrogen and oxygen atoms in total. The van der Waals surface area contributed by atoms with E-state index in [0.29, 0.717) is 0 Å². The van der Waals surface area contributed by atoms with Crippen molar-refractivity contribution in [2.45, 2.75) is 62.0 Å². The third-order valence-corrected chi connectivity index (χ3v) is 7.73. The van der Waals surface area contributed by atoms with Gasteiger partial charge in [0.1, 0.15) is 0 Å². The van der Waals surface area contributed by atoms with E-state index in [0.717, 1.165) is 22.5 Å². The number of hydrogen-bond donors (Lipinski definition) is 1. The van der Waals surface area contributed by atoms with E-state index in [-0.39, 0.29) is 0 Å². The molecule has 0 aromatic carbocycles. The molecule has 3 heteroatoms. The van der Waals surface area contributed by atoms with Crippen molar-refractivity contribution in [3.05, 3.63) is 0 Å². The smallest absolute Gasteiger partial charge is 0.0320 e. The number of rotatable bonds is 5. The molecular formula is C14H27NS2. The van der Waals surface area contributed by atoms with E-state index in [1.54, 1.807) is 0 Å². The summed E-state index contributed by atoms with van der Waals surface area (Å²) < 4.78 is 0. The fraction of sp³-hybridized carbons (Fsp3) is 1.00. The van der Waals surface area contributed by atoms with Crippen LogP contribution in [0.15, 0.2) is 0 Å². The molecule has 0 aromatic heterocycles. The van der Waals surface area contributed by atoms with Gasteiger partial charge < -0.3 is 5.32 Å². The second-order valence-corrected chi connectivity index (χ2v) is 8.07. The Kier molecular flexibility index (Phi) is 6.04. The standard InChI is InChI=1S/C14H27NS2/c1-3-13-14(17-9-8-16-13)12(15-2)10-11-6-4-5-7-11/h11-15H,3-10H2,1-2H3. The topological polar surface area (TPSA) is 12.0 Å². The van der Waals surface area contributed by atoms with Gasteiger partial charge in [0.25, 0.3) is 0 Å². The number of nitrogens with one attached hydrogen (secondary N) is 1. The quantitative estimate of drug-likeness (QED) is 0.818. The molecule has 100 valence electrons. The monoisotopic (exact) mass is 273 g/mol. The molecule has 1 saturated carbocycles. The van der Waals surface area contributed by atoms with Gasteiger partial charge in [-0.2, -0.15) is 23.5 Å². The third-order valence-electron chi connectivity index (χ3n) is 4.32. The van der Waals surface area contributed by atoms with Gasteiger partial charge >= 0.3 is 0 Å². The molecule has 2 aliphatic rings. The first kappa shape index (κ1) is 14.1. The molecule has 0 bridgehead atoms. The van der Waals surface area contributed by atoms with Crippen LogP contribution in [0.5, 0.6) is 0 Å². The Morgan fingerprint density at radius 2 is 1.88 bits per heavy atom. The van der Waals surface area contributed by atoms with Crippen LogP contribution in [0.4, 0.5) is 0 Å². The van der Waals surface area contributed by atoms with Crippen LogP contribution in [0, 0.1) is 5.92 Å². The Bertz CT molecular complexity index is 216. The molecule has 0 aromatic rings. The highest BCUT2D eigenvalue weighted by Crippen LogP contribution is 2.38. The van der Waals surface area contributed by atoms with Gasteiger partial charge in [-0.25, -0.2) is 0 Å². The molecule has 0 radical (unpaired) electrons. The van der Waals surface area contributed by atoms with E-state index >= 15 is 0 Å². The fourth-order valence-electron chi connectivity index (χ4n) is 3.33. The molecule has 1 N–H and O–H groups in total.